The second-order valence-electron chi connectivity index (χ2n) is 6.29. The molecule has 0 radical (unpaired) electrons. The van der Waals surface area contributed by atoms with Gasteiger partial charge in [0.2, 0.25) is 5.91 Å². The second kappa shape index (κ2) is 10.1. The number of urea groups is 1. The monoisotopic (exact) mass is 377 g/mol. The van der Waals surface area contributed by atoms with Gasteiger partial charge in [-0.1, -0.05) is 25.3 Å². The lowest BCUT2D eigenvalue weighted by Gasteiger charge is -2.22. The molecule has 1 aliphatic rings. The summed E-state index contributed by atoms with van der Waals surface area (Å²) in [6, 6.07) is 5.02. The van der Waals surface area contributed by atoms with Crippen molar-refractivity contribution in [2.24, 2.45) is 0 Å². The Morgan fingerprint density at radius 3 is 2.56 bits per heavy atom. The molecule has 0 bridgehead atoms. The molecule has 1 aliphatic carbocycles. The van der Waals surface area contributed by atoms with Crippen molar-refractivity contribution in [1.29, 1.82) is 0 Å². The molecule has 0 aromatic heterocycles. The first kappa shape index (κ1) is 20.1. The third kappa shape index (κ3) is 6.92. The van der Waals surface area contributed by atoms with Crippen LogP contribution in [0.1, 0.15) is 48.9 Å². The van der Waals surface area contributed by atoms with Crippen molar-refractivity contribution in [3.63, 3.8) is 0 Å². The van der Waals surface area contributed by atoms with Crippen molar-refractivity contribution in [3.05, 3.63) is 39.9 Å². The number of non-ortho nitro benzene ring substituents is 1. The summed E-state index contributed by atoms with van der Waals surface area (Å²) >= 11 is 0. The van der Waals surface area contributed by atoms with Gasteiger partial charge in [0.05, 0.1) is 4.92 Å². The maximum Gasteiger partial charge on any atom is 0.315 e. The highest BCUT2D eigenvalue weighted by Gasteiger charge is 2.16. The van der Waals surface area contributed by atoms with Crippen molar-refractivity contribution in [1.82, 2.24) is 21.5 Å². The summed E-state index contributed by atoms with van der Waals surface area (Å²) in [7, 11) is 0. The predicted molar refractivity (Wildman–Crippen MR) is 96.7 cm³/mol. The minimum atomic E-state index is -0.671. The van der Waals surface area contributed by atoms with E-state index in [9.17, 15) is 24.5 Å². The fourth-order valence-corrected chi connectivity index (χ4v) is 2.79. The number of nitrogens with one attached hydrogen (secondary N) is 4. The lowest BCUT2D eigenvalue weighted by Crippen LogP contribution is -2.45. The Labute approximate surface area is 156 Å². The summed E-state index contributed by atoms with van der Waals surface area (Å²) in [6.07, 6.45) is 5.33. The maximum absolute atomic E-state index is 11.9. The van der Waals surface area contributed by atoms with Crippen LogP contribution in [0.15, 0.2) is 24.3 Å². The van der Waals surface area contributed by atoms with E-state index in [-0.39, 0.29) is 36.3 Å². The van der Waals surface area contributed by atoms with Crippen LogP contribution in [0.3, 0.4) is 0 Å². The van der Waals surface area contributed by atoms with E-state index in [4.69, 9.17) is 0 Å². The quantitative estimate of drug-likeness (QED) is 0.437. The molecule has 0 saturated heterocycles. The molecule has 1 saturated carbocycles. The SMILES string of the molecule is O=C(CCNC(=O)NC1CCCCC1)NNC(=O)c1cccc([N+](=O)[O-])c1. The molecule has 0 unspecified atom stereocenters. The van der Waals surface area contributed by atoms with Crippen LogP contribution in [0.2, 0.25) is 0 Å². The molecule has 10 nitrogen and oxygen atoms in total. The lowest BCUT2D eigenvalue weighted by molar-refractivity contribution is -0.384. The molecule has 1 aromatic rings. The fraction of sp³-hybridized carbons (Fsp3) is 0.471. The van der Waals surface area contributed by atoms with Crippen molar-refractivity contribution >= 4 is 23.5 Å². The summed E-state index contributed by atoms with van der Waals surface area (Å²) in [5.41, 5.74) is 4.21. The summed E-state index contributed by atoms with van der Waals surface area (Å²) in [6.45, 7) is 0.122. The highest BCUT2D eigenvalue weighted by Crippen LogP contribution is 2.17. The van der Waals surface area contributed by atoms with Crippen LogP contribution < -0.4 is 21.5 Å². The highest BCUT2D eigenvalue weighted by atomic mass is 16.6. The molecule has 0 spiro atoms. The van der Waals surface area contributed by atoms with Gasteiger partial charge >= 0.3 is 6.03 Å². The van der Waals surface area contributed by atoms with E-state index in [2.05, 4.69) is 21.5 Å². The second-order valence-corrected chi connectivity index (χ2v) is 6.29. The van der Waals surface area contributed by atoms with Crippen molar-refractivity contribution in [2.75, 3.05) is 6.54 Å². The van der Waals surface area contributed by atoms with Crippen LogP contribution in [-0.2, 0) is 4.79 Å². The molecule has 0 aliphatic heterocycles. The molecule has 4 amide bonds. The molecule has 10 heteroatoms. The number of hydrazine groups is 1. The Balaban J connectivity index is 1.65. The number of hydrogen-bond acceptors (Lipinski definition) is 5. The molecular formula is C17H23N5O5. The van der Waals surface area contributed by atoms with E-state index in [1.165, 1.54) is 24.6 Å². The number of hydrogen-bond donors (Lipinski definition) is 4. The number of nitro benzene ring substituents is 1. The van der Waals surface area contributed by atoms with Crippen LogP contribution in [0.4, 0.5) is 10.5 Å². The number of nitro groups is 1. The normalized spacial score (nSPS) is 14.1. The zero-order chi connectivity index (χ0) is 19.6. The standard InChI is InChI=1S/C17H23N5O5/c23-15(9-10-18-17(25)19-13-6-2-1-3-7-13)20-21-16(24)12-5-4-8-14(11-12)22(26)27/h4-5,8,11,13H,1-3,6-7,9-10H2,(H,20,23)(H,21,24)(H2,18,19,25). The fourth-order valence-electron chi connectivity index (χ4n) is 2.79. The van der Waals surface area contributed by atoms with E-state index in [1.807, 2.05) is 0 Å². The summed E-state index contributed by atoms with van der Waals surface area (Å²) in [5.74, 6) is -1.17. The smallest absolute Gasteiger partial charge is 0.315 e. The third-order valence-corrected chi connectivity index (χ3v) is 4.21. The van der Waals surface area contributed by atoms with Gasteiger partial charge in [-0.25, -0.2) is 4.79 Å². The largest absolute Gasteiger partial charge is 0.338 e. The first-order valence-corrected chi connectivity index (χ1v) is 8.83. The van der Waals surface area contributed by atoms with Gasteiger partial charge in [-0.05, 0) is 18.9 Å². The molecular weight excluding hydrogens is 354 g/mol. The van der Waals surface area contributed by atoms with Gasteiger partial charge in [0.1, 0.15) is 0 Å². The zero-order valence-corrected chi connectivity index (χ0v) is 14.8. The van der Waals surface area contributed by atoms with Crippen LogP contribution in [0, 0.1) is 10.1 Å². The lowest BCUT2D eigenvalue weighted by atomic mass is 9.96. The Hall–Kier alpha value is -3.17. The van der Waals surface area contributed by atoms with Crippen molar-refractivity contribution < 1.29 is 19.3 Å². The van der Waals surface area contributed by atoms with Crippen LogP contribution in [0.25, 0.3) is 0 Å². The highest BCUT2D eigenvalue weighted by molar-refractivity contribution is 5.95. The number of benzene rings is 1. The number of amides is 4. The number of carbonyl (C=O) groups is 3. The molecule has 27 heavy (non-hydrogen) atoms. The van der Waals surface area contributed by atoms with Gasteiger partial charge in [0, 0.05) is 36.7 Å². The molecule has 146 valence electrons. The summed E-state index contributed by atoms with van der Waals surface area (Å²) in [4.78, 5) is 45.5. The third-order valence-electron chi connectivity index (χ3n) is 4.21. The van der Waals surface area contributed by atoms with Crippen LogP contribution in [-0.4, -0.2) is 35.4 Å². The van der Waals surface area contributed by atoms with E-state index in [0.717, 1.165) is 31.7 Å². The Morgan fingerprint density at radius 1 is 1.11 bits per heavy atom. The number of nitrogens with zero attached hydrogens (tertiary/aromatic N) is 1. The van der Waals surface area contributed by atoms with E-state index in [1.54, 1.807) is 0 Å². The summed E-state index contributed by atoms with van der Waals surface area (Å²) in [5, 5.41) is 16.2. The molecule has 0 atom stereocenters. The minimum Gasteiger partial charge on any atom is -0.338 e. The Morgan fingerprint density at radius 2 is 1.85 bits per heavy atom. The maximum atomic E-state index is 11.9. The first-order chi connectivity index (χ1) is 13.0. The average molecular weight is 377 g/mol. The van der Waals surface area contributed by atoms with Crippen LogP contribution in [0.5, 0.6) is 0 Å². The Kier molecular flexibility index (Phi) is 7.53. The van der Waals surface area contributed by atoms with Crippen LogP contribution >= 0.6 is 0 Å². The predicted octanol–water partition coefficient (Wildman–Crippen LogP) is 1.38. The number of rotatable bonds is 6. The van der Waals surface area contributed by atoms with Crippen molar-refractivity contribution in [3.8, 4) is 0 Å². The average Bonchev–Trinajstić information content (AvgIpc) is 2.67. The van der Waals surface area contributed by atoms with Gasteiger partial charge in [0.25, 0.3) is 11.6 Å². The molecule has 4 N–H and O–H groups in total. The van der Waals surface area contributed by atoms with Gasteiger partial charge < -0.3 is 10.6 Å². The molecule has 2 rings (SSSR count). The molecule has 0 heterocycles. The Bertz CT molecular complexity index is 703. The number of carbonyl (C=O) groups excluding carboxylic acids is 3. The molecule has 1 aromatic carbocycles. The van der Waals surface area contributed by atoms with E-state index in [0.29, 0.717) is 0 Å². The van der Waals surface area contributed by atoms with Gasteiger partial charge in [-0.2, -0.15) is 0 Å². The van der Waals surface area contributed by atoms with Gasteiger partial charge in [-0.3, -0.25) is 30.6 Å². The topological polar surface area (TPSA) is 142 Å². The van der Waals surface area contributed by atoms with Gasteiger partial charge in [0.15, 0.2) is 0 Å². The zero-order valence-electron chi connectivity index (χ0n) is 14.8. The first-order valence-electron chi connectivity index (χ1n) is 8.83. The van der Waals surface area contributed by atoms with Crippen molar-refractivity contribution in [2.45, 2.75) is 44.6 Å². The minimum absolute atomic E-state index is 0.0205. The van der Waals surface area contributed by atoms with Gasteiger partial charge in [-0.15, -0.1) is 0 Å². The van der Waals surface area contributed by atoms with E-state index < -0.39 is 16.7 Å². The molecule has 1 fully saturated rings. The van der Waals surface area contributed by atoms with E-state index >= 15 is 0 Å². The summed E-state index contributed by atoms with van der Waals surface area (Å²) < 4.78 is 0.